The van der Waals surface area contributed by atoms with Gasteiger partial charge in [-0.25, -0.2) is 4.39 Å². The molecule has 2 rings (SSSR count). The van der Waals surface area contributed by atoms with E-state index < -0.39 is 5.82 Å². The maximum Gasteiger partial charge on any atom is 0.142 e. The van der Waals surface area contributed by atoms with Crippen molar-refractivity contribution in [3.8, 4) is 0 Å². The van der Waals surface area contributed by atoms with Crippen LogP contribution in [-0.4, -0.2) is 5.78 Å². The lowest BCUT2D eigenvalue weighted by molar-refractivity contribution is -0.118. The van der Waals surface area contributed by atoms with Crippen molar-refractivity contribution in [3.63, 3.8) is 0 Å². The second kappa shape index (κ2) is 3.70. The van der Waals surface area contributed by atoms with Crippen molar-refractivity contribution >= 4 is 17.4 Å². The molecule has 1 nitrogen and oxygen atoms in total. The number of rotatable bonds is 1. The van der Waals surface area contributed by atoms with E-state index in [-0.39, 0.29) is 16.7 Å². The van der Waals surface area contributed by atoms with Crippen molar-refractivity contribution < 1.29 is 9.18 Å². The Balaban J connectivity index is 2.32. The van der Waals surface area contributed by atoms with Gasteiger partial charge in [0.15, 0.2) is 0 Å². The molecule has 74 valence electrons. The zero-order valence-electron chi connectivity index (χ0n) is 7.59. The van der Waals surface area contributed by atoms with Crippen LogP contribution in [0.5, 0.6) is 0 Å². The van der Waals surface area contributed by atoms with Gasteiger partial charge in [-0.3, -0.25) is 4.79 Å². The van der Waals surface area contributed by atoms with E-state index in [1.54, 1.807) is 6.07 Å². The predicted octanol–water partition coefficient (Wildman–Crippen LogP) is 3.32. The van der Waals surface area contributed by atoms with E-state index in [1.807, 2.05) is 0 Å². The zero-order valence-corrected chi connectivity index (χ0v) is 8.35. The molecule has 1 aromatic carbocycles. The van der Waals surface area contributed by atoms with Crippen molar-refractivity contribution in [1.82, 2.24) is 0 Å². The third kappa shape index (κ3) is 1.67. The highest BCUT2D eigenvalue weighted by Crippen LogP contribution is 2.32. The third-order valence-electron chi connectivity index (χ3n) is 2.65. The van der Waals surface area contributed by atoms with E-state index in [0.29, 0.717) is 6.42 Å². The van der Waals surface area contributed by atoms with Crippen molar-refractivity contribution in [2.45, 2.75) is 25.2 Å². The van der Waals surface area contributed by atoms with Crippen LogP contribution >= 0.6 is 11.6 Å². The number of carbonyl (C=O) groups excluding carboxylic acids is 1. The summed E-state index contributed by atoms with van der Waals surface area (Å²) in [6.07, 6.45) is 2.36. The molecule has 0 amide bonds. The Kier molecular flexibility index (Phi) is 2.55. The number of ketones is 1. The summed E-state index contributed by atoms with van der Waals surface area (Å²) < 4.78 is 13.1. The van der Waals surface area contributed by atoms with Crippen LogP contribution in [0.2, 0.25) is 5.02 Å². The topological polar surface area (TPSA) is 17.1 Å². The highest BCUT2D eigenvalue weighted by Gasteiger charge is 2.26. The van der Waals surface area contributed by atoms with E-state index >= 15 is 0 Å². The smallest absolute Gasteiger partial charge is 0.142 e. The van der Waals surface area contributed by atoms with Crippen LogP contribution in [-0.2, 0) is 4.79 Å². The highest BCUT2D eigenvalue weighted by molar-refractivity contribution is 6.30. The summed E-state index contributed by atoms with van der Waals surface area (Å²) in [5.74, 6) is -0.336. The standard InChI is InChI=1S/C11H10ClFO/c12-9-5-4-7(6-10(9)13)8-2-1-3-11(8)14/h4-6,8H,1-3H2. The molecule has 1 aliphatic rings. The van der Waals surface area contributed by atoms with Crippen LogP contribution in [0.4, 0.5) is 4.39 Å². The van der Waals surface area contributed by atoms with Gasteiger partial charge in [-0.15, -0.1) is 0 Å². The van der Waals surface area contributed by atoms with E-state index in [2.05, 4.69) is 0 Å². The van der Waals surface area contributed by atoms with Crippen molar-refractivity contribution in [3.05, 3.63) is 34.6 Å². The summed E-state index contributed by atoms with van der Waals surface area (Å²) in [4.78, 5) is 11.4. The quantitative estimate of drug-likeness (QED) is 0.698. The van der Waals surface area contributed by atoms with Crippen LogP contribution in [0, 0.1) is 5.82 Å². The second-order valence-corrected chi connectivity index (χ2v) is 3.99. The Morgan fingerprint density at radius 2 is 2.21 bits per heavy atom. The molecule has 0 radical (unpaired) electrons. The minimum absolute atomic E-state index is 0.109. The Labute approximate surface area is 86.9 Å². The first-order chi connectivity index (χ1) is 6.68. The fourth-order valence-corrected chi connectivity index (χ4v) is 2.01. The second-order valence-electron chi connectivity index (χ2n) is 3.58. The van der Waals surface area contributed by atoms with Gasteiger partial charge in [0.1, 0.15) is 11.6 Å². The summed E-state index contributed by atoms with van der Waals surface area (Å²) in [7, 11) is 0. The van der Waals surface area contributed by atoms with Gasteiger partial charge in [-0.05, 0) is 30.5 Å². The number of halogens is 2. The molecule has 14 heavy (non-hydrogen) atoms. The summed E-state index contributed by atoms with van der Waals surface area (Å²) in [6.45, 7) is 0. The number of benzene rings is 1. The summed E-state index contributed by atoms with van der Waals surface area (Å²) in [5, 5.41) is 0.110. The molecule has 0 heterocycles. The number of carbonyl (C=O) groups is 1. The molecule has 0 saturated heterocycles. The maximum atomic E-state index is 13.1. The molecular formula is C11H10ClFO. The Bertz CT molecular complexity index is 376. The number of hydrogen-bond donors (Lipinski definition) is 0. The molecule has 1 fully saturated rings. The third-order valence-corrected chi connectivity index (χ3v) is 2.96. The predicted molar refractivity (Wildman–Crippen MR) is 53.0 cm³/mol. The van der Waals surface area contributed by atoms with Gasteiger partial charge in [0, 0.05) is 12.3 Å². The van der Waals surface area contributed by atoms with E-state index in [9.17, 15) is 9.18 Å². The molecule has 1 aliphatic carbocycles. The van der Waals surface area contributed by atoms with Gasteiger partial charge in [0.05, 0.1) is 5.02 Å². The van der Waals surface area contributed by atoms with Crippen LogP contribution in [0.1, 0.15) is 30.7 Å². The summed E-state index contributed by atoms with van der Waals surface area (Å²) >= 11 is 5.56. The zero-order chi connectivity index (χ0) is 10.1. The SMILES string of the molecule is O=C1CCCC1c1ccc(Cl)c(F)c1. The first-order valence-corrected chi connectivity index (χ1v) is 5.04. The van der Waals surface area contributed by atoms with Gasteiger partial charge in [0.2, 0.25) is 0 Å². The molecule has 1 atom stereocenters. The largest absolute Gasteiger partial charge is 0.299 e. The first-order valence-electron chi connectivity index (χ1n) is 4.66. The van der Waals surface area contributed by atoms with Crippen molar-refractivity contribution in [2.24, 2.45) is 0 Å². The minimum atomic E-state index is -0.441. The molecule has 0 aromatic heterocycles. The van der Waals surface area contributed by atoms with E-state index in [0.717, 1.165) is 18.4 Å². The average molecular weight is 213 g/mol. The Morgan fingerprint density at radius 3 is 2.79 bits per heavy atom. The molecule has 0 aliphatic heterocycles. The van der Waals surface area contributed by atoms with Crippen LogP contribution in [0.3, 0.4) is 0 Å². The maximum absolute atomic E-state index is 13.1. The summed E-state index contributed by atoms with van der Waals surface area (Å²) in [6, 6.07) is 4.62. The van der Waals surface area contributed by atoms with Crippen molar-refractivity contribution in [2.75, 3.05) is 0 Å². The molecular weight excluding hydrogens is 203 g/mol. The van der Waals surface area contributed by atoms with Gasteiger partial charge in [-0.2, -0.15) is 0 Å². The lowest BCUT2D eigenvalue weighted by Gasteiger charge is -2.08. The molecule has 3 heteroatoms. The molecule has 1 unspecified atom stereocenters. The average Bonchev–Trinajstić information content (AvgIpc) is 2.57. The van der Waals surface area contributed by atoms with Crippen LogP contribution in [0.15, 0.2) is 18.2 Å². The van der Waals surface area contributed by atoms with Gasteiger partial charge in [-0.1, -0.05) is 17.7 Å². The summed E-state index contributed by atoms with van der Waals surface area (Å²) in [5.41, 5.74) is 0.759. The molecule has 0 N–H and O–H groups in total. The normalized spacial score (nSPS) is 21.6. The molecule has 0 spiro atoms. The van der Waals surface area contributed by atoms with Gasteiger partial charge >= 0.3 is 0 Å². The monoisotopic (exact) mass is 212 g/mol. The lowest BCUT2D eigenvalue weighted by atomic mass is 9.97. The van der Waals surface area contributed by atoms with Crippen molar-refractivity contribution in [1.29, 1.82) is 0 Å². The minimum Gasteiger partial charge on any atom is -0.299 e. The van der Waals surface area contributed by atoms with Gasteiger partial charge < -0.3 is 0 Å². The number of Topliss-reactive ketones (excluding diaryl/α,β-unsaturated/α-hetero) is 1. The Morgan fingerprint density at radius 1 is 1.43 bits per heavy atom. The van der Waals surface area contributed by atoms with E-state index in [1.165, 1.54) is 12.1 Å². The van der Waals surface area contributed by atoms with E-state index in [4.69, 9.17) is 11.6 Å². The van der Waals surface area contributed by atoms with Crippen LogP contribution < -0.4 is 0 Å². The number of hydrogen-bond acceptors (Lipinski definition) is 1. The molecule has 0 bridgehead atoms. The fourth-order valence-electron chi connectivity index (χ4n) is 1.90. The molecule has 1 saturated carbocycles. The molecule has 1 aromatic rings. The fraction of sp³-hybridized carbons (Fsp3) is 0.364. The Hall–Kier alpha value is -0.890. The lowest BCUT2D eigenvalue weighted by Crippen LogP contribution is -2.04. The van der Waals surface area contributed by atoms with Crippen LogP contribution in [0.25, 0.3) is 0 Å². The first kappa shape index (κ1) is 9.66. The van der Waals surface area contributed by atoms with Gasteiger partial charge in [0.25, 0.3) is 0 Å². The highest BCUT2D eigenvalue weighted by atomic mass is 35.5.